The summed E-state index contributed by atoms with van der Waals surface area (Å²) in [6, 6.07) is 13.4. The molecule has 0 radical (unpaired) electrons. The Balaban J connectivity index is 0.00000261. The van der Waals surface area contributed by atoms with Crippen LogP contribution < -0.4 is 4.74 Å². The Kier molecular flexibility index (Phi) is 7.92. The number of hydrogen-bond acceptors (Lipinski definition) is 4. The number of carbonyl (C=O) groups is 1. The molecule has 1 aliphatic rings. The van der Waals surface area contributed by atoms with Crippen molar-refractivity contribution in [3.8, 4) is 11.5 Å². The first kappa shape index (κ1) is 21.5. The Hall–Kier alpha value is -1.79. The number of hydrogen-bond donors (Lipinski definition) is 1. The lowest BCUT2D eigenvalue weighted by molar-refractivity contribution is -0.137. The zero-order valence-electron chi connectivity index (χ0n) is 15.1. The van der Waals surface area contributed by atoms with E-state index >= 15 is 0 Å². The van der Waals surface area contributed by atoms with E-state index in [1.54, 1.807) is 6.07 Å². The summed E-state index contributed by atoms with van der Waals surface area (Å²) in [6.45, 7) is 4.56. The van der Waals surface area contributed by atoms with Crippen molar-refractivity contribution in [2.24, 2.45) is 0 Å². The molecular formula is C20H23Cl2NO4. The quantitative estimate of drug-likeness (QED) is 0.745. The monoisotopic (exact) mass is 411 g/mol. The Morgan fingerprint density at radius 2 is 1.96 bits per heavy atom. The molecule has 27 heavy (non-hydrogen) atoms. The summed E-state index contributed by atoms with van der Waals surface area (Å²) in [5, 5.41) is 9.51. The van der Waals surface area contributed by atoms with Gasteiger partial charge in [0.2, 0.25) is 0 Å². The minimum absolute atomic E-state index is 0. The molecule has 0 aliphatic carbocycles. The van der Waals surface area contributed by atoms with Crippen LogP contribution in [-0.2, 0) is 9.53 Å². The van der Waals surface area contributed by atoms with Gasteiger partial charge in [-0.3, -0.25) is 9.69 Å². The van der Waals surface area contributed by atoms with Crippen LogP contribution in [0.2, 0.25) is 5.02 Å². The molecule has 1 unspecified atom stereocenters. The molecule has 1 N–H and O–H groups in total. The smallest absolute Gasteiger partial charge is 0.304 e. The molecule has 146 valence electrons. The van der Waals surface area contributed by atoms with Gasteiger partial charge in [0.15, 0.2) is 0 Å². The van der Waals surface area contributed by atoms with Crippen molar-refractivity contribution in [1.29, 1.82) is 0 Å². The number of ether oxygens (including phenoxy) is 2. The highest BCUT2D eigenvalue weighted by atomic mass is 35.5. The van der Waals surface area contributed by atoms with Crippen LogP contribution in [0.5, 0.6) is 11.5 Å². The van der Waals surface area contributed by atoms with E-state index in [2.05, 4.69) is 4.90 Å². The number of nitrogens with zero attached hydrogens (tertiary/aromatic N) is 1. The molecular weight excluding hydrogens is 389 g/mol. The highest BCUT2D eigenvalue weighted by Gasteiger charge is 2.22. The molecule has 2 aromatic carbocycles. The average molecular weight is 412 g/mol. The first-order chi connectivity index (χ1) is 12.5. The fraction of sp³-hybridized carbons (Fsp3) is 0.350. The van der Waals surface area contributed by atoms with Gasteiger partial charge in [-0.2, -0.15) is 0 Å². The maximum Gasteiger partial charge on any atom is 0.304 e. The SMILES string of the molecule is Cc1ccc(Oc2ccc(C3CN(CCC(=O)O)CCO3)cc2)cc1Cl.Cl. The minimum atomic E-state index is -0.772. The van der Waals surface area contributed by atoms with E-state index in [1.807, 2.05) is 43.3 Å². The van der Waals surface area contributed by atoms with Crippen LogP contribution in [0.15, 0.2) is 42.5 Å². The van der Waals surface area contributed by atoms with Crippen LogP contribution in [0.1, 0.15) is 23.7 Å². The van der Waals surface area contributed by atoms with Gasteiger partial charge in [-0.05, 0) is 42.3 Å². The topological polar surface area (TPSA) is 59.0 Å². The predicted molar refractivity (Wildman–Crippen MR) is 107 cm³/mol. The zero-order chi connectivity index (χ0) is 18.5. The average Bonchev–Trinajstić information content (AvgIpc) is 2.64. The number of rotatable bonds is 6. The lowest BCUT2D eigenvalue weighted by atomic mass is 10.1. The summed E-state index contributed by atoms with van der Waals surface area (Å²) in [5.74, 6) is 0.653. The highest BCUT2D eigenvalue weighted by molar-refractivity contribution is 6.31. The summed E-state index contributed by atoms with van der Waals surface area (Å²) in [7, 11) is 0. The van der Waals surface area contributed by atoms with Crippen molar-refractivity contribution in [2.45, 2.75) is 19.4 Å². The molecule has 1 fully saturated rings. The predicted octanol–water partition coefficient (Wildman–Crippen LogP) is 4.71. The van der Waals surface area contributed by atoms with E-state index in [9.17, 15) is 4.79 Å². The molecule has 0 saturated carbocycles. The van der Waals surface area contributed by atoms with Crippen molar-refractivity contribution in [1.82, 2.24) is 4.90 Å². The van der Waals surface area contributed by atoms with Crippen molar-refractivity contribution < 1.29 is 19.4 Å². The Labute approximate surface area is 170 Å². The van der Waals surface area contributed by atoms with E-state index in [-0.39, 0.29) is 24.9 Å². The summed E-state index contributed by atoms with van der Waals surface area (Å²) in [6.07, 6.45) is 0.0962. The molecule has 0 aromatic heterocycles. The molecule has 1 saturated heterocycles. The van der Waals surface area contributed by atoms with Crippen LogP contribution in [0.4, 0.5) is 0 Å². The Morgan fingerprint density at radius 3 is 2.63 bits per heavy atom. The third kappa shape index (κ3) is 6.11. The van der Waals surface area contributed by atoms with Gasteiger partial charge in [0.25, 0.3) is 0 Å². The lowest BCUT2D eigenvalue weighted by Crippen LogP contribution is -2.39. The number of carboxylic acids is 1. The lowest BCUT2D eigenvalue weighted by Gasteiger charge is -2.32. The second kappa shape index (κ2) is 9.95. The second-order valence-electron chi connectivity index (χ2n) is 6.39. The molecule has 5 nitrogen and oxygen atoms in total. The molecule has 1 aliphatic heterocycles. The maximum absolute atomic E-state index is 10.7. The van der Waals surface area contributed by atoms with Crippen molar-refractivity contribution in [2.75, 3.05) is 26.2 Å². The number of halogens is 2. The van der Waals surface area contributed by atoms with E-state index in [1.165, 1.54) is 0 Å². The van der Waals surface area contributed by atoms with Gasteiger partial charge in [0.1, 0.15) is 11.5 Å². The van der Waals surface area contributed by atoms with Gasteiger partial charge < -0.3 is 14.6 Å². The third-order valence-electron chi connectivity index (χ3n) is 4.42. The summed E-state index contributed by atoms with van der Waals surface area (Å²) < 4.78 is 11.7. The van der Waals surface area contributed by atoms with Crippen molar-refractivity contribution in [3.05, 3.63) is 58.6 Å². The largest absolute Gasteiger partial charge is 0.481 e. The molecule has 3 rings (SSSR count). The number of morpholine rings is 1. The Morgan fingerprint density at radius 1 is 1.26 bits per heavy atom. The summed E-state index contributed by atoms with van der Waals surface area (Å²) in [5.41, 5.74) is 2.07. The molecule has 0 bridgehead atoms. The van der Waals surface area contributed by atoms with Crippen LogP contribution in [0, 0.1) is 6.92 Å². The normalized spacial score (nSPS) is 17.2. The molecule has 2 aromatic rings. The maximum atomic E-state index is 10.7. The molecule has 1 heterocycles. The third-order valence-corrected chi connectivity index (χ3v) is 4.83. The van der Waals surface area contributed by atoms with E-state index < -0.39 is 5.97 Å². The molecule has 0 amide bonds. The Bertz CT molecular complexity index is 767. The zero-order valence-corrected chi connectivity index (χ0v) is 16.6. The van der Waals surface area contributed by atoms with E-state index in [0.717, 1.165) is 23.4 Å². The highest BCUT2D eigenvalue weighted by Crippen LogP contribution is 2.29. The fourth-order valence-electron chi connectivity index (χ4n) is 2.88. The number of aliphatic carboxylic acids is 1. The van der Waals surface area contributed by atoms with Crippen molar-refractivity contribution in [3.63, 3.8) is 0 Å². The fourth-order valence-corrected chi connectivity index (χ4v) is 3.06. The number of carboxylic acid groups (broad SMARTS) is 1. The number of benzene rings is 2. The summed E-state index contributed by atoms with van der Waals surface area (Å²) >= 11 is 6.13. The van der Waals surface area contributed by atoms with Gasteiger partial charge in [0, 0.05) is 24.7 Å². The van der Waals surface area contributed by atoms with Gasteiger partial charge in [0.05, 0.1) is 19.1 Å². The second-order valence-corrected chi connectivity index (χ2v) is 6.79. The molecule has 1 atom stereocenters. The van der Waals surface area contributed by atoms with Crippen LogP contribution >= 0.6 is 24.0 Å². The van der Waals surface area contributed by atoms with Crippen LogP contribution in [-0.4, -0.2) is 42.2 Å². The summed E-state index contributed by atoms with van der Waals surface area (Å²) in [4.78, 5) is 12.9. The molecule has 7 heteroatoms. The van der Waals surface area contributed by atoms with Crippen LogP contribution in [0.25, 0.3) is 0 Å². The number of aryl methyl sites for hydroxylation is 1. The first-order valence-electron chi connectivity index (χ1n) is 8.61. The van der Waals surface area contributed by atoms with Gasteiger partial charge >= 0.3 is 5.97 Å². The molecule has 0 spiro atoms. The standard InChI is InChI=1S/C20H22ClNO4.ClH/c1-14-2-5-17(12-18(14)21)26-16-6-3-15(4-7-16)19-13-22(10-11-25-19)9-8-20(23)24;/h2-7,12,19H,8-11,13H2,1H3,(H,23,24);1H. The van der Waals surface area contributed by atoms with E-state index in [4.69, 9.17) is 26.2 Å². The van der Waals surface area contributed by atoms with E-state index in [0.29, 0.717) is 30.5 Å². The van der Waals surface area contributed by atoms with Crippen LogP contribution in [0.3, 0.4) is 0 Å². The van der Waals surface area contributed by atoms with Crippen molar-refractivity contribution >= 4 is 30.0 Å². The van der Waals surface area contributed by atoms with Gasteiger partial charge in [-0.1, -0.05) is 29.8 Å². The van der Waals surface area contributed by atoms with Gasteiger partial charge in [-0.15, -0.1) is 12.4 Å². The first-order valence-corrected chi connectivity index (χ1v) is 8.99. The minimum Gasteiger partial charge on any atom is -0.481 e. The van der Waals surface area contributed by atoms with Gasteiger partial charge in [-0.25, -0.2) is 0 Å².